The summed E-state index contributed by atoms with van der Waals surface area (Å²) in [5, 5.41) is 24.0. The van der Waals surface area contributed by atoms with Crippen LogP contribution in [0.3, 0.4) is 0 Å². The summed E-state index contributed by atoms with van der Waals surface area (Å²) in [6.07, 6.45) is 3.61. The molecule has 0 saturated carbocycles. The average molecular weight is 525 g/mol. The number of carbonyl (C=O) groups excluding carboxylic acids is 2. The van der Waals surface area contributed by atoms with Gasteiger partial charge < -0.3 is 35.5 Å². The molecular weight excluding hydrogens is 491 g/mol. The standard InChI is InChI=1S/C28H33FN4O5/c1-18-5-6-21(15-24(18)25(30)16-26(34)28(36)31-17-23-4-2-10-38-23)32-27(35)19-12-20(29)14-22(13-19)33-7-3-9-37-11-8-33/h5-6,12-16,23,30,34H,2-4,7-11,17H2,1H3,(H,31,36)(H,32,35)/b26-16-,30-25?. The number of benzene rings is 2. The van der Waals surface area contributed by atoms with Gasteiger partial charge in [0.1, 0.15) is 5.82 Å². The second-order valence-corrected chi connectivity index (χ2v) is 9.42. The van der Waals surface area contributed by atoms with Crippen LogP contribution in [0.25, 0.3) is 0 Å². The molecule has 2 aromatic carbocycles. The Bertz CT molecular complexity index is 1220. The lowest BCUT2D eigenvalue weighted by Crippen LogP contribution is -2.32. The molecule has 2 aliphatic rings. The molecule has 2 aromatic rings. The van der Waals surface area contributed by atoms with Gasteiger partial charge in [-0.1, -0.05) is 6.07 Å². The van der Waals surface area contributed by atoms with Gasteiger partial charge in [-0.2, -0.15) is 0 Å². The molecular formula is C28H33FN4O5. The van der Waals surface area contributed by atoms with E-state index in [0.717, 1.165) is 25.3 Å². The highest BCUT2D eigenvalue weighted by Gasteiger charge is 2.19. The molecule has 9 nitrogen and oxygen atoms in total. The molecule has 2 aliphatic heterocycles. The highest BCUT2D eigenvalue weighted by molar-refractivity contribution is 6.12. The quantitative estimate of drug-likeness (QED) is 0.237. The molecule has 2 fully saturated rings. The maximum Gasteiger partial charge on any atom is 0.286 e. The van der Waals surface area contributed by atoms with Gasteiger partial charge in [0.2, 0.25) is 0 Å². The first-order chi connectivity index (χ1) is 18.3. The number of halogens is 1. The Kier molecular flexibility index (Phi) is 9.09. The van der Waals surface area contributed by atoms with Crippen molar-refractivity contribution in [2.75, 3.05) is 49.7 Å². The number of hydrogen-bond acceptors (Lipinski definition) is 7. The van der Waals surface area contributed by atoms with E-state index in [9.17, 15) is 19.1 Å². The van der Waals surface area contributed by atoms with E-state index < -0.39 is 23.4 Å². The molecule has 2 heterocycles. The van der Waals surface area contributed by atoms with Crippen molar-refractivity contribution in [2.45, 2.75) is 32.3 Å². The van der Waals surface area contributed by atoms with E-state index in [0.29, 0.717) is 55.4 Å². The summed E-state index contributed by atoms with van der Waals surface area (Å²) in [5.74, 6) is -2.29. The summed E-state index contributed by atoms with van der Waals surface area (Å²) < 4.78 is 25.3. The predicted octanol–water partition coefficient (Wildman–Crippen LogP) is 3.72. The molecule has 1 unspecified atom stereocenters. The van der Waals surface area contributed by atoms with Gasteiger partial charge in [-0.05, 0) is 62.1 Å². The Morgan fingerprint density at radius 1 is 1.16 bits per heavy atom. The van der Waals surface area contributed by atoms with Gasteiger partial charge in [-0.25, -0.2) is 4.39 Å². The number of aliphatic hydroxyl groups excluding tert-OH is 1. The minimum absolute atomic E-state index is 0.0683. The van der Waals surface area contributed by atoms with Crippen molar-refractivity contribution in [3.8, 4) is 0 Å². The fourth-order valence-electron chi connectivity index (χ4n) is 4.47. The van der Waals surface area contributed by atoms with Gasteiger partial charge in [-0.3, -0.25) is 9.59 Å². The largest absolute Gasteiger partial charge is 0.503 e. The number of allylic oxidation sites excluding steroid dienone is 1. The summed E-state index contributed by atoms with van der Waals surface area (Å²) in [5.41, 5.74) is 2.22. The molecule has 4 N–H and O–H groups in total. The number of amides is 2. The molecule has 4 rings (SSSR count). The van der Waals surface area contributed by atoms with Gasteiger partial charge in [0.15, 0.2) is 5.76 Å². The van der Waals surface area contributed by atoms with Gasteiger partial charge in [-0.15, -0.1) is 0 Å². The maximum absolute atomic E-state index is 14.4. The van der Waals surface area contributed by atoms with Crippen molar-refractivity contribution >= 4 is 28.9 Å². The zero-order valence-electron chi connectivity index (χ0n) is 21.4. The maximum atomic E-state index is 14.4. The Morgan fingerprint density at radius 2 is 2.00 bits per heavy atom. The van der Waals surface area contributed by atoms with Crippen LogP contribution in [-0.4, -0.2) is 68.2 Å². The number of nitrogens with zero attached hydrogens (tertiary/aromatic N) is 1. The lowest BCUT2D eigenvalue weighted by Gasteiger charge is -2.22. The zero-order valence-corrected chi connectivity index (χ0v) is 21.4. The zero-order chi connectivity index (χ0) is 27.1. The third kappa shape index (κ3) is 7.17. The smallest absolute Gasteiger partial charge is 0.286 e. The van der Waals surface area contributed by atoms with Crippen molar-refractivity contribution < 1.29 is 28.6 Å². The second kappa shape index (κ2) is 12.7. The van der Waals surface area contributed by atoms with E-state index in [1.807, 2.05) is 4.90 Å². The van der Waals surface area contributed by atoms with Crippen molar-refractivity contribution in [2.24, 2.45) is 0 Å². The average Bonchev–Trinajstić information content (AvgIpc) is 3.27. The molecule has 0 radical (unpaired) electrons. The van der Waals surface area contributed by atoms with Crippen LogP contribution in [0.1, 0.15) is 40.7 Å². The van der Waals surface area contributed by atoms with E-state index in [-0.39, 0.29) is 23.9 Å². The molecule has 0 spiro atoms. The van der Waals surface area contributed by atoms with E-state index in [4.69, 9.17) is 14.9 Å². The third-order valence-electron chi connectivity index (χ3n) is 6.55. The molecule has 1 atom stereocenters. The molecule has 38 heavy (non-hydrogen) atoms. The first-order valence-corrected chi connectivity index (χ1v) is 12.7. The second-order valence-electron chi connectivity index (χ2n) is 9.42. The third-order valence-corrected chi connectivity index (χ3v) is 6.55. The fraction of sp³-hybridized carbons (Fsp3) is 0.393. The molecule has 0 bridgehead atoms. The van der Waals surface area contributed by atoms with Crippen LogP contribution in [0.2, 0.25) is 0 Å². The number of anilines is 2. The molecule has 2 amide bonds. The normalized spacial score (nSPS) is 18.1. The lowest BCUT2D eigenvalue weighted by molar-refractivity contribution is -0.120. The van der Waals surface area contributed by atoms with Crippen molar-refractivity contribution in [1.82, 2.24) is 5.32 Å². The van der Waals surface area contributed by atoms with Crippen molar-refractivity contribution in [3.05, 3.63) is 70.7 Å². The number of carbonyl (C=O) groups is 2. The number of aliphatic hydroxyl groups is 1. The number of aryl methyl sites for hydroxylation is 1. The van der Waals surface area contributed by atoms with Gasteiger partial charge in [0.05, 0.1) is 18.4 Å². The Hall–Kier alpha value is -3.76. The SMILES string of the molecule is Cc1ccc(NC(=O)c2cc(F)cc(N3CCCOCC3)c2)cc1C(=N)/C=C(\O)C(=O)NCC1CCCO1. The Balaban J connectivity index is 1.44. The monoisotopic (exact) mass is 524 g/mol. The van der Waals surface area contributed by atoms with Crippen molar-refractivity contribution in [3.63, 3.8) is 0 Å². The lowest BCUT2D eigenvalue weighted by atomic mass is 10.0. The van der Waals surface area contributed by atoms with Crippen molar-refractivity contribution in [1.29, 1.82) is 5.41 Å². The molecule has 0 aliphatic carbocycles. The molecule has 0 aromatic heterocycles. The highest BCUT2D eigenvalue weighted by atomic mass is 19.1. The fourth-order valence-corrected chi connectivity index (χ4v) is 4.47. The van der Waals surface area contributed by atoms with E-state index >= 15 is 0 Å². The van der Waals surface area contributed by atoms with Crippen LogP contribution < -0.4 is 15.5 Å². The van der Waals surface area contributed by atoms with Gasteiger partial charge in [0, 0.05) is 61.4 Å². The first kappa shape index (κ1) is 27.3. The van der Waals surface area contributed by atoms with Gasteiger partial charge in [0.25, 0.3) is 11.8 Å². The Morgan fingerprint density at radius 3 is 2.79 bits per heavy atom. The highest BCUT2D eigenvalue weighted by Crippen LogP contribution is 2.22. The van der Waals surface area contributed by atoms with E-state index in [1.165, 1.54) is 12.1 Å². The van der Waals surface area contributed by atoms with Crippen LogP contribution in [-0.2, 0) is 14.3 Å². The van der Waals surface area contributed by atoms with E-state index in [1.54, 1.807) is 31.2 Å². The summed E-state index contributed by atoms with van der Waals surface area (Å²) >= 11 is 0. The number of rotatable bonds is 8. The summed E-state index contributed by atoms with van der Waals surface area (Å²) in [6.45, 7) is 5.24. The van der Waals surface area contributed by atoms with Crippen LogP contribution in [0, 0.1) is 18.2 Å². The van der Waals surface area contributed by atoms with Crippen LogP contribution in [0.15, 0.2) is 48.2 Å². The van der Waals surface area contributed by atoms with Crippen LogP contribution >= 0.6 is 0 Å². The summed E-state index contributed by atoms with van der Waals surface area (Å²) in [6, 6.07) is 9.21. The summed E-state index contributed by atoms with van der Waals surface area (Å²) in [7, 11) is 0. The number of nitrogens with one attached hydrogen (secondary N) is 3. The first-order valence-electron chi connectivity index (χ1n) is 12.7. The molecule has 202 valence electrons. The minimum Gasteiger partial charge on any atom is -0.503 e. The number of ether oxygens (including phenoxy) is 2. The predicted molar refractivity (Wildman–Crippen MR) is 143 cm³/mol. The summed E-state index contributed by atoms with van der Waals surface area (Å²) in [4.78, 5) is 27.2. The topological polar surface area (TPSA) is 124 Å². The van der Waals surface area contributed by atoms with Crippen LogP contribution in [0.4, 0.5) is 15.8 Å². The van der Waals surface area contributed by atoms with Crippen LogP contribution in [0.5, 0.6) is 0 Å². The molecule has 10 heteroatoms. The Labute approximate surface area is 221 Å². The van der Waals surface area contributed by atoms with Gasteiger partial charge >= 0.3 is 0 Å². The minimum atomic E-state index is -0.690. The molecule has 2 saturated heterocycles. The van der Waals surface area contributed by atoms with E-state index in [2.05, 4.69) is 10.6 Å². The number of hydrogen-bond donors (Lipinski definition) is 4.